The lowest BCUT2D eigenvalue weighted by Gasteiger charge is -2.25. The van der Waals surface area contributed by atoms with Crippen molar-refractivity contribution >= 4 is 35.3 Å². The van der Waals surface area contributed by atoms with Gasteiger partial charge in [0.15, 0.2) is 23.3 Å². The smallest absolute Gasteiger partial charge is 0.493 e. The molecule has 0 aromatic heterocycles. The van der Waals surface area contributed by atoms with Gasteiger partial charge in [0.2, 0.25) is 0 Å². The molecule has 0 saturated heterocycles. The van der Waals surface area contributed by atoms with Crippen molar-refractivity contribution in [1.29, 1.82) is 0 Å². The number of urea groups is 1. The van der Waals surface area contributed by atoms with Gasteiger partial charge in [-0.15, -0.1) is 11.8 Å². The molecule has 166 valence electrons. The normalized spacial score (nSPS) is 18.0. The quantitative estimate of drug-likeness (QED) is 0.585. The molecule has 1 N–H and O–H groups in total. The van der Waals surface area contributed by atoms with Crippen LogP contribution in [0.4, 0.5) is 4.79 Å². The molecule has 4 amide bonds. The highest BCUT2D eigenvalue weighted by molar-refractivity contribution is 8.04. The van der Waals surface area contributed by atoms with Gasteiger partial charge in [0.05, 0.1) is 20.8 Å². The number of amides is 4. The molecule has 8 nitrogen and oxygen atoms in total. The number of ether oxygens (including phenoxy) is 2. The van der Waals surface area contributed by atoms with Gasteiger partial charge in [-0.05, 0) is 41.5 Å². The van der Waals surface area contributed by atoms with Gasteiger partial charge in [0.1, 0.15) is 5.71 Å². The maximum Gasteiger partial charge on any atom is 0.501 e. The standard InChI is InChI=1S/C22H27N3O5S/c1-14(2)12-25-21(27)20-16(8-10-31-20)24(22(25)28)13-19(26)23-9-7-15-5-6-17(29-3)18(11-15)30-4/h5-6,8,10-11,14,20H,7,9,12-13H2,1-4H3/p+1. The molecule has 0 bridgehead atoms. The Labute approximate surface area is 186 Å². The summed E-state index contributed by atoms with van der Waals surface area (Å²) in [5, 5.41) is 4.19. The zero-order valence-corrected chi connectivity index (χ0v) is 19.0. The number of carbonyl (C=O) groups is 3. The number of hydrogen-bond donors (Lipinski definition) is 1. The number of methoxy groups -OCH3 is 2. The van der Waals surface area contributed by atoms with Crippen LogP contribution in [0.25, 0.3) is 0 Å². The molecule has 3 rings (SSSR count). The van der Waals surface area contributed by atoms with Crippen LogP contribution in [-0.4, -0.2) is 72.1 Å². The molecular weight excluding hydrogens is 418 g/mol. The summed E-state index contributed by atoms with van der Waals surface area (Å²) in [7, 11) is 3.16. The Morgan fingerprint density at radius 1 is 1.23 bits per heavy atom. The molecule has 1 atom stereocenters. The third-order valence-electron chi connectivity index (χ3n) is 5.02. The Morgan fingerprint density at radius 3 is 2.65 bits per heavy atom. The number of carbonyl (C=O) groups excluding carboxylic acids is 3. The third-order valence-corrected chi connectivity index (χ3v) is 6.03. The minimum atomic E-state index is -0.462. The maximum absolute atomic E-state index is 12.9. The van der Waals surface area contributed by atoms with Crippen LogP contribution >= 0.6 is 11.8 Å². The Bertz CT molecular complexity index is 941. The maximum atomic E-state index is 12.9. The molecule has 0 spiro atoms. The van der Waals surface area contributed by atoms with E-state index >= 15 is 0 Å². The van der Waals surface area contributed by atoms with Gasteiger partial charge >= 0.3 is 11.9 Å². The summed E-state index contributed by atoms with van der Waals surface area (Å²) < 4.78 is 11.9. The molecule has 1 aromatic rings. The Kier molecular flexibility index (Phi) is 7.37. The molecule has 2 aliphatic rings. The minimum absolute atomic E-state index is 0.122. The van der Waals surface area contributed by atoms with E-state index in [0.29, 0.717) is 36.7 Å². The molecule has 0 radical (unpaired) electrons. The molecule has 0 aliphatic carbocycles. The number of hydrogen-bond acceptors (Lipinski definition) is 6. The topological polar surface area (TPSA) is 88.0 Å². The van der Waals surface area contributed by atoms with Crippen molar-refractivity contribution < 1.29 is 28.4 Å². The lowest BCUT2D eigenvalue weighted by Crippen LogP contribution is -2.57. The molecule has 2 heterocycles. The average molecular weight is 447 g/mol. The second-order valence-electron chi connectivity index (χ2n) is 7.74. The Morgan fingerprint density at radius 2 is 1.97 bits per heavy atom. The van der Waals surface area contributed by atoms with Crippen molar-refractivity contribution in [2.45, 2.75) is 25.5 Å². The SMILES string of the molecule is COc1ccc(CCNC(=O)C[N+]2=C3C=CSC3C(=O)N(CC(C)C)C2=O)cc1OC. The number of nitrogens with one attached hydrogen (secondary N) is 1. The number of rotatable bonds is 9. The average Bonchev–Trinajstić information content (AvgIpc) is 3.24. The lowest BCUT2D eigenvalue weighted by atomic mass is 10.1. The van der Waals surface area contributed by atoms with Crippen molar-refractivity contribution in [3.05, 3.63) is 35.2 Å². The fourth-order valence-electron chi connectivity index (χ4n) is 3.53. The first-order valence-electron chi connectivity index (χ1n) is 10.1. The molecule has 0 saturated carbocycles. The Hall–Kier alpha value is -2.81. The summed E-state index contributed by atoms with van der Waals surface area (Å²) in [6.45, 7) is 4.52. The molecule has 1 aromatic carbocycles. The van der Waals surface area contributed by atoms with E-state index in [1.165, 1.54) is 21.2 Å². The van der Waals surface area contributed by atoms with Crippen LogP contribution in [0.3, 0.4) is 0 Å². The second kappa shape index (κ2) is 10.00. The summed E-state index contributed by atoms with van der Waals surface area (Å²) >= 11 is 1.36. The first-order chi connectivity index (χ1) is 14.8. The molecule has 31 heavy (non-hydrogen) atoms. The van der Waals surface area contributed by atoms with E-state index in [-0.39, 0.29) is 24.3 Å². The van der Waals surface area contributed by atoms with Crippen LogP contribution in [0.1, 0.15) is 19.4 Å². The van der Waals surface area contributed by atoms with Gasteiger partial charge in [-0.2, -0.15) is 14.3 Å². The molecule has 1 unspecified atom stereocenters. The van der Waals surface area contributed by atoms with E-state index in [1.54, 1.807) is 25.7 Å². The van der Waals surface area contributed by atoms with Gasteiger partial charge in [-0.1, -0.05) is 19.9 Å². The fourth-order valence-corrected chi connectivity index (χ4v) is 4.49. The summed E-state index contributed by atoms with van der Waals surface area (Å²) in [6, 6.07) is 5.17. The summed E-state index contributed by atoms with van der Waals surface area (Å²) in [6.07, 6.45) is 2.35. The van der Waals surface area contributed by atoms with Crippen molar-refractivity contribution in [1.82, 2.24) is 10.2 Å². The lowest BCUT2D eigenvalue weighted by molar-refractivity contribution is -0.426. The summed E-state index contributed by atoms with van der Waals surface area (Å²) in [4.78, 5) is 39.5. The first kappa shape index (κ1) is 22.9. The van der Waals surface area contributed by atoms with Crippen LogP contribution in [-0.2, 0) is 16.0 Å². The number of thioether (sulfide) groups is 1. The molecular formula is C22H28N3O5S+. The predicted molar refractivity (Wildman–Crippen MR) is 119 cm³/mol. The van der Waals surface area contributed by atoms with Gasteiger partial charge < -0.3 is 14.8 Å². The van der Waals surface area contributed by atoms with E-state index in [9.17, 15) is 14.4 Å². The van der Waals surface area contributed by atoms with Crippen molar-refractivity contribution in [3.63, 3.8) is 0 Å². The third kappa shape index (κ3) is 5.10. The van der Waals surface area contributed by atoms with Crippen LogP contribution in [0.2, 0.25) is 0 Å². The fraction of sp³-hybridized carbons (Fsp3) is 0.455. The molecule has 9 heteroatoms. The zero-order chi connectivity index (χ0) is 22.5. The first-order valence-corrected chi connectivity index (χ1v) is 11.1. The van der Waals surface area contributed by atoms with Crippen LogP contribution < -0.4 is 14.8 Å². The number of imide groups is 1. The highest BCUT2D eigenvalue weighted by atomic mass is 32.2. The second-order valence-corrected chi connectivity index (χ2v) is 8.76. The number of nitrogens with zero attached hydrogens (tertiary/aromatic N) is 2. The molecule has 2 aliphatic heterocycles. The Balaban J connectivity index is 1.64. The highest BCUT2D eigenvalue weighted by Crippen LogP contribution is 2.29. The number of allylic oxidation sites excluding steroid dienone is 1. The summed E-state index contributed by atoms with van der Waals surface area (Å²) in [5.74, 6) is 0.936. The van der Waals surface area contributed by atoms with Gasteiger partial charge in [0.25, 0.3) is 5.91 Å². The number of fused-ring (bicyclic) bond motifs is 1. The predicted octanol–water partition coefficient (Wildman–Crippen LogP) is 2.06. The van der Waals surface area contributed by atoms with Crippen molar-refractivity contribution in [2.75, 3.05) is 33.9 Å². The zero-order valence-electron chi connectivity index (χ0n) is 18.2. The van der Waals surface area contributed by atoms with Crippen LogP contribution in [0, 0.1) is 5.92 Å². The van der Waals surface area contributed by atoms with E-state index in [4.69, 9.17) is 9.47 Å². The van der Waals surface area contributed by atoms with E-state index in [1.807, 2.05) is 32.0 Å². The van der Waals surface area contributed by atoms with Crippen LogP contribution in [0.15, 0.2) is 29.7 Å². The molecule has 0 fully saturated rings. The number of benzene rings is 1. The van der Waals surface area contributed by atoms with Gasteiger partial charge in [-0.3, -0.25) is 4.79 Å². The van der Waals surface area contributed by atoms with E-state index < -0.39 is 11.3 Å². The summed E-state index contributed by atoms with van der Waals surface area (Å²) in [5.41, 5.74) is 1.57. The van der Waals surface area contributed by atoms with E-state index in [2.05, 4.69) is 5.32 Å². The van der Waals surface area contributed by atoms with Crippen molar-refractivity contribution in [2.24, 2.45) is 5.92 Å². The monoisotopic (exact) mass is 446 g/mol. The van der Waals surface area contributed by atoms with Gasteiger partial charge in [0, 0.05) is 6.54 Å². The minimum Gasteiger partial charge on any atom is -0.493 e. The van der Waals surface area contributed by atoms with E-state index in [0.717, 1.165) is 5.56 Å². The van der Waals surface area contributed by atoms with Crippen molar-refractivity contribution in [3.8, 4) is 11.5 Å². The highest BCUT2D eigenvalue weighted by Gasteiger charge is 2.49. The van der Waals surface area contributed by atoms with Gasteiger partial charge in [-0.25, -0.2) is 4.79 Å². The largest absolute Gasteiger partial charge is 0.501 e. The van der Waals surface area contributed by atoms with Crippen LogP contribution in [0.5, 0.6) is 11.5 Å².